The van der Waals surface area contributed by atoms with Crippen molar-refractivity contribution >= 4 is 11.7 Å². The third-order valence-electron chi connectivity index (χ3n) is 7.81. The summed E-state index contributed by atoms with van der Waals surface area (Å²) in [5, 5.41) is 0. The molecule has 0 aliphatic heterocycles. The van der Waals surface area contributed by atoms with Gasteiger partial charge in [-0.15, -0.1) is 0 Å². The number of rotatable bonds is 10. The van der Waals surface area contributed by atoms with Gasteiger partial charge in [0.25, 0.3) is 0 Å². The van der Waals surface area contributed by atoms with Crippen molar-refractivity contribution in [2.75, 3.05) is 7.11 Å². The van der Waals surface area contributed by atoms with Crippen LogP contribution in [-0.4, -0.2) is 18.8 Å². The average Bonchev–Trinajstić information content (AvgIpc) is 3.00. The van der Waals surface area contributed by atoms with Gasteiger partial charge in [0.1, 0.15) is 5.70 Å². The van der Waals surface area contributed by atoms with E-state index in [2.05, 4.69) is 76.2 Å². The third-order valence-corrected chi connectivity index (χ3v) is 7.81. The molecule has 0 saturated carbocycles. The molecule has 4 aromatic rings. The number of methoxy groups -OCH3 is 1. The van der Waals surface area contributed by atoms with Crippen molar-refractivity contribution in [2.45, 2.75) is 44.9 Å². The number of esters is 1. The summed E-state index contributed by atoms with van der Waals surface area (Å²) in [6.45, 7) is 9.03. The Bertz CT molecular complexity index is 1400. The smallest absolute Gasteiger partial charge is 0.356 e. The van der Waals surface area contributed by atoms with Crippen molar-refractivity contribution in [1.82, 2.24) is 0 Å². The first-order valence-electron chi connectivity index (χ1n) is 13.8. The number of carbonyl (C=O) groups excluding carboxylic acids is 1. The quantitative estimate of drug-likeness (QED) is 0.117. The number of benzene rings is 4. The van der Waals surface area contributed by atoms with Crippen LogP contribution in [0, 0.1) is 5.92 Å². The van der Waals surface area contributed by atoms with Crippen LogP contribution in [-0.2, 0) is 20.4 Å². The number of nitrogens with zero attached hydrogens (tertiary/aromatic N) is 1. The molecule has 0 fully saturated rings. The first-order chi connectivity index (χ1) is 19.2. The van der Waals surface area contributed by atoms with Gasteiger partial charge in [0.05, 0.1) is 12.8 Å². The standard InChI is InChI=1S/C37H39NO2/c1-36(2,30-22-14-8-15-23-30)27-32(37(3,4)31-24-16-9-17-25-31)26-33(35(39)40-5)38-34(28-18-10-6-11-19-28)29-20-12-7-13-21-29/h6-26,32H,27H2,1-5H3/b33-26+. The molecule has 0 N–H and O–H groups in total. The fraction of sp³-hybridized carbons (Fsp3) is 0.243. The zero-order valence-electron chi connectivity index (χ0n) is 24.2. The van der Waals surface area contributed by atoms with Crippen LogP contribution < -0.4 is 0 Å². The maximum atomic E-state index is 13.3. The van der Waals surface area contributed by atoms with Crippen LogP contribution in [0.4, 0.5) is 0 Å². The SMILES string of the molecule is COC(=O)/C(=C\C(CC(C)(C)c1ccccc1)C(C)(C)c1ccccc1)N=C(c1ccccc1)c1ccccc1. The van der Waals surface area contributed by atoms with Gasteiger partial charge in [-0.05, 0) is 40.4 Å². The predicted molar refractivity (Wildman–Crippen MR) is 166 cm³/mol. The molecule has 4 aromatic carbocycles. The highest BCUT2D eigenvalue weighted by molar-refractivity contribution is 6.14. The second kappa shape index (κ2) is 12.7. The van der Waals surface area contributed by atoms with Gasteiger partial charge in [-0.25, -0.2) is 9.79 Å². The lowest BCUT2D eigenvalue weighted by molar-refractivity contribution is -0.136. The number of ether oxygens (including phenoxy) is 1. The molecule has 0 heterocycles. The second-order valence-corrected chi connectivity index (χ2v) is 11.4. The van der Waals surface area contributed by atoms with Gasteiger partial charge in [0.15, 0.2) is 0 Å². The minimum Gasteiger partial charge on any atom is -0.464 e. The van der Waals surface area contributed by atoms with Crippen molar-refractivity contribution in [3.63, 3.8) is 0 Å². The van der Waals surface area contributed by atoms with E-state index in [0.717, 1.165) is 23.3 Å². The number of hydrogen-bond acceptors (Lipinski definition) is 3. The Morgan fingerprint density at radius 3 is 1.57 bits per heavy atom. The normalized spacial score (nSPS) is 12.9. The topological polar surface area (TPSA) is 38.7 Å². The van der Waals surface area contributed by atoms with Gasteiger partial charge >= 0.3 is 5.97 Å². The van der Waals surface area contributed by atoms with Crippen molar-refractivity contribution in [1.29, 1.82) is 0 Å². The summed E-state index contributed by atoms with van der Waals surface area (Å²) < 4.78 is 5.30. The molecule has 0 spiro atoms. The fourth-order valence-corrected chi connectivity index (χ4v) is 5.22. The molecule has 1 atom stereocenters. The van der Waals surface area contributed by atoms with E-state index < -0.39 is 5.97 Å². The molecule has 0 amide bonds. The summed E-state index contributed by atoms with van der Waals surface area (Å²) in [5.41, 5.74) is 4.94. The van der Waals surface area contributed by atoms with E-state index in [9.17, 15) is 4.79 Å². The largest absolute Gasteiger partial charge is 0.464 e. The van der Waals surface area contributed by atoms with Crippen LogP contribution in [0.1, 0.15) is 56.4 Å². The molecular weight excluding hydrogens is 490 g/mol. The van der Waals surface area contributed by atoms with Gasteiger partial charge in [-0.1, -0.05) is 149 Å². The molecule has 0 saturated heterocycles. The number of hydrogen-bond donors (Lipinski definition) is 0. The first kappa shape index (κ1) is 28.8. The first-order valence-corrected chi connectivity index (χ1v) is 13.8. The van der Waals surface area contributed by atoms with E-state index in [1.54, 1.807) is 0 Å². The molecule has 0 aliphatic rings. The molecule has 204 valence electrons. The second-order valence-electron chi connectivity index (χ2n) is 11.4. The molecule has 0 aromatic heterocycles. The minimum absolute atomic E-state index is 0.0317. The molecule has 0 bridgehead atoms. The van der Waals surface area contributed by atoms with Crippen LogP contribution >= 0.6 is 0 Å². The van der Waals surface area contributed by atoms with E-state index in [0.29, 0.717) is 5.70 Å². The summed E-state index contributed by atoms with van der Waals surface area (Å²) in [7, 11) is 1.42. The van der Waals surface area contributed by atoms with Crippen LogP contribution in [0.3, 0.4) is 0 Å². The molecule has 3 nitrogen and oxygen atoms in total. The fourth-order valence-electron chi connectivity index (χ4n) is 5.22. The summed E-state index contributed by atoms with van der Waals surface area (Å²) in [4.78, 5) is 18.4. The maximum Gasteiger partial charge on any atom is 0.356 e. The Morgan fingerprint density at radius 2 is 1.12 bits per heavy atom. The van der Waals surface area contributed by atoms with Gasteiger partial charge in [0.2, 0.25) is 0 Å². The van der Waals surface area contributed by atoms with Crippen molar-refractivity contribution in [2.24, 2.45) is 10.9 Å². The number of aliphatic imine (C=N–C) groups is 1. The zero-order valence-corrected chi connectivity index (χ0v) is 24.2. The summed E-state index contributed by atoms with van der Waals surface area (Å²) in [6.07, 6.45) is 2.84. The van der Waals surface area contributed by atoms with Crippen LogP contribution in [0.5, 0.6) is 0 Å². The Balaban J connectivity index is 1.90. The Labute approximate surface area is 239 Å². The Hall–Kier alpha value is -4.24. The van der Waals surface area contributed by atoms with E-state index >= 15 is 0 Å². The number of carbonyl (C=O) groups is 1. The van der Waals surface area contributed by atoms with Gasteiger partial charge in [-0.3, -0.25) is 0 Å². The summed E-state index contributed by atoms with van der Waals surface area (Å²) in [6, 6.07) is 41.1. The average molecular weight is 530 g/mol. The lowest BCUT2D eigenvalue weighted by Crippen LogP contribution is -2.33. The van der Waals surface area contributed by atoms with Crippen molar-refractivity contribution < 1.29 is 9.53 Å². The Morgan fingerprint density at radius 1 is 0.700 bits per heavy atom. The van der Waals surface area contributed by atoms with Crippen LogP contribution in [0.25, 0.3) is 0 Å². The number of allylic oxidation sites excluding steroid dienone is 1. The molecule has 4 rings (SSSR count). The van der Waals surface area contributed by atoms with Crippen molar-refractivity contribution in [3.8, 4) is 0 Å². The highest BCUT2D eigenvalue weighted by atomic mass is 16.5. The van der Waals surface area contributed by atoms with Crippen LogP contribution in [0.15, 0.2) is 138 Å². The molecule has 3 heteroatoms. The summed E-state index contributed by atoms with van der Waals surface area (Å²) >= 11 is 0. The lowest BCUT2D eigenvalue weighted by Gasteiger charge is -2.39. The monoisotopic (exact) mass is 529 g/mol. The van der Waals surface area contributed by atoms with Gasteiger partial charge < -0.3 is 4.74 Å². The Kier molecular flexibility index (Phi) is 9.16. The minimum atomic E-state index is -0.448. The zero-order chi connectivity index (χ0) is 28.6. The maximum absolute atomic E-state index is 13.3. The van der Waals surface area contributed by atoms with Crippen molar-refractivity contribution in [3.05, 3.63) is 155 Å². The van der Waals surface area contributed by atoms with E-state index in [1.807, 2.05) is 78.9 Å². The molecule has 0 radical (unpaired) electrons. The van der Waals surface area contributed by atoms with Crippen LogP contribution in [0.2, 0.25) is 0 Å². The van der Waals surface area contributed by atoms with E-state index in [4.69, 9.17) is 9.73 Å². The molecule has 0 aliphatic carbocycles. The highest BCUT2D eigenvalue weighted by Gasteiger charge is 2.36. The van der Waals surface area contributed by atoms with E-state index in [-0.39, 0.29) is 16.7 Å². The molecular formula is C37H39NO2. The van der Waals surface area contributed by atoms with Gasteiger partial charge in [0, 0.05) is 11.1 Å². The highest BCUT2D eigenvalue weighted by Crippen LogP contribution is 2.42. The van der Waals surface area contributed by atoms with E-state index in [1.165, 1.54) is 18.2 Å². The predicted octanol–water partition coefficient (Wildman–Crippen LogP) is 8.54. The molecule has 1 unspecified atom stereocenters. The van der Waals surface area contributed by atoms with Gasteiger partial charge in [-0.2, -0.15) is 0 Å². The lowest BCUT2D eigenvalue weighted by atomic mass is 9.65. The third kappa shape index (κ3) is 6.84. The summed E-state index contributed by atoms with van der Waals surface area (Å²) in [5.74, 6) is -0.480. The molecule has 40 heavy (non-hydrogen) atoms.